The van der Waals surface area contributed by atoms with Crippen LogP contribution >= 0.6 is 0 Å². The Balaban J connectivity index is 1.82. The average molecular weight is 227 g/mol. The Labute approximate surface area is 98.6 Å². The molecule has 2 aliphatic heterocycles. The van der Waals surface area contributed by atoms with Crippen LogP contribution in [0.5, 0.6) is 0 Å². The van der Waals surface area contributed by atoms with Gasteiger partial charge in [-0.3, -0.25) is 9.80 Å². The number of rotatable bonds is 2. The van der Waals surface area contributed by atoms with Crippen LogP contribution in [0.3, 0.4) is 0 Å². The van der Waals surface area contributed by atoms with Crippen LogP contribution < -0.4 is 5.32 Å². The van der Waals surface area contributed by atoms with E-state index in [1.807, 2.05) is 0 Å². The van der Waals surface area contributed by atoms with Crippen molar-refractivity contribution in [2.75, 3.05) is 33.2 Å². The van der Waals surface area contributed by atoms with Crippen molar-refractivity contribution < 1.29 is 5.11 Å². The van der Waals surface area contributed by atoms with Gasteiger partial charge >= 0.3 is 0 Å². The Hall–Kier alpha value is -0.160. The first-order valence-corrected chi connectivity index (χ1v) is 6.42. The molecule has 0 amide bonds. The second-order valence-corrected chi connectivity index (χ2v) is 5.58. The van der Waals surface area contributed by atoms with Crippen molar-refractivity contribution in [2.45, 2.75) is 44.5 Å². The fourth-order valence-corrected chi connectivity index (χ4v) is 2.91. The molecule has 4 nitrogen and oxygen atoms in total. The standard InChI is InChI=1S/C12H25N3O/c1-9-6-15(7-10(2)14(9)3)8-11-4-12(16)5-13-11/h9-13,16H,4-8H2,1-3H3. The highest BCUT2D eigenvalue weighted by molar-refractivity contribution is 4.88. The summed E-state index contributed by atoms with van der Waals surface area (Å²) in [5.74, 6) is 0. The number of nitrogens with one attached hydrogen (secondary N) is 1. The van der Waals surface area contributed by atoms with Crippen LogP contribution in [0.1, 0.15) is 20.3 Å². The maximum Gasteiger partial charge on any atom is 0.0680 e. The molecule has 94 valence electrons. The topological polar surface area (TPSA) is 38.7 Å². The molecular weight excluding hydrogens is 202 g/mol. The van der Waals surface area contributed by atoms with Gasteiger partial charge in [-0.15, -0.1) is 0 Å². The van der Waals surface area contributed by atoms with Crippen LogP contribution in [0.15, 0.2) is 0 Å². The SMILES string of the molecule is CC1CN(CC2CC(O)CN2)CC(C)N1C. The number of likely N-dealkylation sites (N-methyl/N-ethyl adjacent to an activating group) is 1. The van der Waals surface area contributed by atoms with Gasteiger partial charge in [-0.2, -0.15) is 0 Å². The highest BCUT2D eigenvalue weighted by Gasteiger charge is 2.30. The largest absolute Gasteiger partial charge is 0.392 e. The van der Waals surface area contributed by atoms with Gasteiger partial charge in [0, 0.05) is 44.3 Å². The van der Waals surface area contributed by atoms with Gasteiger partial charge in [0.25, 0.3) is 0 Å². The third-order valence-electron chi connectivity index (χ3n) is 4.11. The van der Waals surface area contributed by atoms with E-state index in [1.54, 1.807) is 0 Å². The van der Waals surface area contributed by atoms with Crippen molar-refractivity contribution in [1.82, 2.24) is 15.1 Å². The van der Waals surface area contributed by atoms with E-state index in [0.717, 1.165) is 32.6 Å². The van der Waals surface area contributed by atoms with Crippen molar-refractivity contribution in [3.05, 3.63) is 0 Å². The van der Waals surface area contributed by atoms with Crippen molar-refractivity contribution in [1.29, 1.82) is 0 Å². The average Bonchev–Trinajstić information content (AvgIpc) is 2.60. The maximum absolute atomic E-state index is 9.49. The molecule has 2 aliphatic rings. The highest BCUT2D eigenvalue weighted by atomic mass is 16.3. The van der Waals surface area contributed by atoms with Crippen molar-refractivity contribution in [3.8, 4) is 0 Å². The summed E-state index contributed by atoms with van der Waals surface area (Å²) in [6.45, 7) is 8.73. The smallest absolute Gasteiger partial charge is 0.0680 e. The van der Waals surface area contributed by atoms with Gasteiger partial charge < -0.3 is 10.4 Å². The fourth-order valence-electron chi connectivity index (χ4n) is 2.91. The first kappa shape index (κ1) is 12.3. The Morgan fingerprint density at radius 1 is 1.25 bits per heavy atom. The molecule has 2 rings (SSSR count). The van der Waals surface area contributed by atoms with Crippen molar-refractivity contribution >= 4 is 0 Å². The lowest BCUT2D eigenvalue weighted by Crippen LogP contribution is -2.56. The number of hydrogen-bond acceptors (Lipinski definition) is 4. The van der Waals surface area contributed by atoms with E-state index in [1.165, 1.54) is 0 Å². The number of hydrogen-bond donors (Lipinski definition) is 2. The van der Waals surface area contributed by atoms with E-state index in [4.69, 9.17) is 0 Å². The zero-order valence-electron chi connectivity index (χ0n) is 10.7. The van der Waals surface area contributed by atoms with Crippen LogP contribution in [0.4, 0.5) is 0 Å². The maximum atomic E-state index is 9.49. The minimum absolute atomic E-state index is 0.132. The first-order valence-electron chi connectivity index (χ1n) is 6.42. The summed E-state index contributed by atoms with van der Waals surface area (Å²) in [6.07, 6.45) is 0.780. The third kappa shape index (κ3) is 2.74. The minimum Gasteiger partial charge on any atom is -0.392 e. The summed E-state index contributed by atoms with van der Waals surface area (Å²) < 4.78 is 0. The summed E-state index contributed by atoms with van der Waals surface area (Å²) in [5, 5.41) is 12.9. The predicted octanol–water partition coefficient (Wildman–Crippen LogP) is -0.266. The first-order chi connectivity index (χ1) is 7.56. The number of aliphatic hydroxyl groups excluding tert-OH is 1. The van der Waals surface area contributed by atoms with Crippen LogP contribution in [0.25, 0.3) is 0 Å². The molecule has 2 saturated heterocycles. The summed E-state index contributed by atoms with van der Waals surface area (Å²) in [7, 11) is 2.21. The van der Waals surface area contributed by atoms with Crippen molar-refractivity contribution in [2.24, 2.45) is 0 Å². The lowest BCUT2D eigenvalue weighted by atomic mass is 10.1. The van der Waals surface area contributed by atoms with E-state index < -0.39 is 0 Å². The van der Waals surface area contributed by atoms with Crippen LogP contribution in [0, 0.1) is 0 Å². The second-order valence-electron chi connectivity index (χ2n) is 5.58. The van der Waals surface area contributed by atoms with E-state index in [0.29, 0.717) is 18.1 Å². The quantitative estimate of drug-likeness (QED) is 0.681. The third-order valence-corrected chi connectivity index (χ3v) is 4.11. The summed E-state index contributed by atoms with van der Waals surface area (Å²) in [6, 6.07) is 1.75. The second kappa shape index (κ2) is 5.00. The molecule has 16 heavy (non-hydrogen) atoms. The minimum atomic E-state index is -0.132. The van der Waals surface area contributed by atoms with E-state index >= 15 is 0 Å². The molecule has 4 atom stereocenters. The van der Waals surface area contributed by atoms with Gasteiger partial charge in [0.1, 0.15) is 0 Å². The van der Waals surface area contributed by atoms with Gasteiger partial charge in [0.05, 0.1) is 6.10 Å². The van der Waals surface area contributed by atoms with E-state index in [-0.39, 0.29) is 6.10 Å². The fraction of sp³-hybridized carbons (Fsp3) is 1.00. The van der Waals surface area contributed by atoms with Gasteiger partial charge in [-0.05, 0) is 27.3 Å². The molecule has 4 unspecified atom stereocenters. The summed E-state index contributed by atoms with van der Waals surface area (Å²) >= 11 is 0. The zero-order valence-corrected chi connectivity index (χ0v) is 10.7. The summed E-state index contributed by atoms with van der Waals surface area (Å²) in [5.41, 5.74) is 0. The Bertz CT molecular complexity index is 224. The lowest BCUT2D eigenvalue weighted by molar-refractivity contribution is 0.0547. The normalized spacial score (nSPS) is 42.8. The summed E-state index contributed by atoms with van der Waals surface area (Å²) in [4.78, 5) is 4.98. The molecule has 0 aromatic heterocycles. The number of aliphatic hydroxyl groups is 1. The Morgan fingerprint density at radius 3 is 2.38 bits per heavy atom. The van der Waals surface area contributed by atoms with E-state index in [2.05, 4.69) is 36.0 Å². The van der Waals surface area contributed by atoms with Gasteiger partial charge in [0.2, 0.25) is 0 Å². The van der Waals surface area contributed by atoms with Crippen molar-refractivity contribution in [3.63, 3.8) is 0 Å². The van der Waals surface area contributed by atoms with Crippen LogP contribution in [-0.4, -0.2) is 72.4 Å². The molecule has 2 fully saturated rings. The molecule has 0 bridgehead atoms. The monoisotopic (exact) mass is 227 g/mol. The van der Waals surface area contributed by atoms with Gasteiger partial charge in [0.15, 0.2) is 0 Å². The lowest BCUT2D eigenvalue weighted by Gasteiger charge is -2.43. The van der Waals surface area contributed by atoms with Crippen LogP contribution in [-0.2, 0) is 0 Å². The van der Waals surface area contributed by atoms with Gasteiger partial charge in [-0.25, -0.2) is 0 Å². The number of β-amino-alcohol motifs (C(OH)–C–C–N with tert-alkyl or cyclic N) is 1. The molecule has 0 aromatic carbocycles. The molecule has 4 heteroatoms. The van der Waals surface area contributed by atoms with E-state index in [9.17, 15) is 5.11 Å². The van der Waals surface area contributed by atoms with Crippen LogP contribution in [0.2, 0.25) is 0 Å². The molecule has 2 heterocycles. The molecule has 0 aromatic rings. The Kier molecular flexibility index (Phi) is 3.85. The number of piperazine rings is 1. The highest BCUT2D eigenvalue weighted by Crippen LogP contribution is 2.15. The molecular formula is C12H25N3O. The molecule has 0 radical (unpaired) electrons. The molecule has 2 N–H and O–H groups in total. The molecule has 0 spiro atoms. The molecule has 0 aliphatic carbocycles. The predicted molar refractivity (Wildman–Crippen MR) is 65.5 cm³/mol. The zero-order chi connectivity index (χ0) is 11.7. The molecule has 0 saturated carbocycles. The Morgan fingerprint density at radius 2 is 1.88 bits per heavy atom. The van der Waals surface area contributed by atoms with Gasteiger partial charge in [-0.1, -0.05) is 0 Å². The number of nitrogens with zero attached hydrogens (tertiary/aromatic N) is 2.